The summed E-state index contributed by atoms with van der Waals surface area (Å²) in [7, 11) is 0. The zero-order valence-corrected chi connectivity index (χ0v) is 19.0. The molecular formula is C26H18F2N2O3S. The Morgan fingerprint density at radius 3 is 2.44 bits per heavy atom. The highest BCUT2D eigenvalue weighted by atomic mass is 32.1. The molecule has 3 aromatic carbocycles. The lowest BCUT2D eigenvalue weighted by atomic mass is 9.95. The quantitative estimate of drug-likeness (QED) is 0.230. The van der Waals surface area contributed by atoms with Crippen molar-refractivity contribution in [2.45, 2.75) is 19.9 Å². The third-order valence-electron chi connectivity index (χ3n) is 5.79. The number of amides is 1. The fraction of sp³-hybridized carbons (Fsp3) is 0.115. The summed E-state index contributed by atoms with van der Waals surface area (Å²) in [6, 6.07) is 13.2. The van der Waals surface area contributed by atoms with Gasteiger partial charge in [-0.05, 0) is 61.4 Å². The molecular weight excluding hydrogens is 458 g/mol. The molecule has 8 heteroatoms. The van der Waals surface area contributed by atoms with E-state index in [1.54, 1.807) is 6.07 Å². The van der Waals surface area contributed by atoms with Crippen molar-refractivity contribution in [2.75, 3.05) is 4.90 Å². The number of aryl methyl sites for hydroxylation is 2. The molecule has 2 heterocycles. The lowest BCUT2D eigenvalue weighted by Gasteiger charge is -2.23. The molecule has 1 N–H and O–H groups in total. The maximum absolute atomic E-state index is 15.0. The first kappa shape index (κ1) is 21.9. The van der Waals surface area contributed by atoms with Crippen LogP contribution in [0.25, 0.3) is 16.0 Å². The van der Waals surface area contributed by atoms with Crippen LogP contribution in [0.5, 0.6) is 0 Å². The molecule has 1 aliphatic rings. The first-order valence-corrected chi connectivity index (χ1v) is 11.3. The highest BCUT2D eigenvalue weighted by Crippen LogP contribution is 2.45. The molecule has 1 fully saturated rings. The van der Waals surface area contributed by atoms with E-state index in [1.807, 2.05) is 26.0 Å². The highest BCUT2D eigenvalue weighted by molar-refractivity contribution is 7.22. The van der Waals surface area contributed by atoms with Crippen molar-refractivity contribution in [3.05, 3.63) is 100 Å². The molecule has 0 bridgehead atoms. The Labute approximate surface area is 197 Å². The van der Waals surface area contributed by atoms with Crippen LogP contribution in [0.1, 0.15) is 28.3 Å². The van der Waals surface area contributed by atoms with Crippen molar-refractivity contribution in [3.8, 4) is 0 Å². The summed E-state index contributed by atoms with van der Waals surface area (Å²) in [6.07, 6.45) is 0. The normalized spacial score (nSPS) is 17.6. The largest absolute Gasteiger partial charge is 0.507 e. The van der Waals surface area contributed by atoms with Gasteiger partial charge >= 0.3 is 5.91 Å². The van der Waals surface area contributed by atoms with Crippen LogP contribution >= 0.6 is 11.3 Å². The number of aliphatic hydroxyl groups excluding tert-OH is 1. The smallest absolute Gasteiger partial charge is 0.301 e. The number of carbonyl (C=O) groups is 2. The van der Waals surface area contributed by atoms with Crippen LogP contribution < -0.4 is 4.90 Å². The summed E-state index contributed by atoms with van der Waals surface area (Å²) in [5, 5.41) is 11.2. The maximum atomic E-state index is 15.0. The molecule has 4 aromatic rings. The van der Waals surface area contributed by atoms with E-state index in [0.717, 1.165) is 32.9 Å². The number of aliphatic hydroxyl groups is 1. The van der Waals surface area contributed by atoms with Crippen LogP contribution in [-0.2, 0) is 9.59 Å². The van der Waals surface area contributed by atoms with E-state index >= 15 is 0 Å². The molecule has 1 amide bonds. The number of thiazole rings is 1. The first-order valence-electron chi connectivity index (χ1n) is 10.5. The number of halogens is 2. The number of fused-ring (bicyclic) bond motifs is 1. The average Bonchev–Trinajstić information content (AvgIpc) is 3.33. The second kappa shape index (κ2) is 8.14. The second-order valence-corrected chi connectivity index (χ2v) is 9.13. The van der Waals surface area contributed by atoms with E-state index < -0.39 is 35.1 Å². The molecule has 34 heavy (non-hydrogen) atoms. The number of anilines is 1. The van der Waals surface area contributed by atoms with Crippen LogP contribution in [0.2, 0.25) is 0 Å². The number of ketones is 1. The molecule has 5 rings (SSSR count). The van der Waals surface area contributed by atoms with Gasteiger partial charge < -0.3 is 5.11 Å². The van der Waals surface area contributed by atoms with Gasteiger partial charge in [-0.15, -0.1) is 0 Å². The molecule has 170 valence electrons. The van der Waals surface area contributed by atoms with Crippen molar-refractivity contribution in [1.82, 2.24) is 4.98 Å². The number of hydrogen-bond donors (Lipinski definition) is 1. The van der Waals surface area contributed by atoms with E-state index in [4.69, 9.17) is 0 Å². The Kier molecular flexibility index (Phi) is 5.25. The Hall–Kier alpha value is -3.91. The summed E-state index contributed by atoms with van der Waals surface area (Å²) in [5.74, 6) is -3.57. The third kappa shape index (κ3) is 3.47. The summed E-state index contributed by atoms with van der Waals surface area (Å²) in [4.78, 5) is 32.2. The fourth-order valence-corrected chi connectivity index (χ4v) is 5.41. The number of nitrogens with zero attached hydrogens (tertiary/aromatic N) is 2. The number of benzene rings is 3. The molecule has 0 unspecified atom stereocenters. The minimum atomic E-state index is -1.24. The maximum Gasteiger partial charge on any atom is 0.301 e. The summed E-state index contributed by atoms with van der Waals surface area (Å²) < 4.78 is 29.2. The first-order chi connectivity index (χ1) is 16.3. The van der Waals surface area contributed by atoms with Crippen LogP contribution in [0, 0.1) is 25.5 Å². The minimum absolute atomic E-state index is 0.0394. The lowest BCUT2D eigenvalue weighted by molar-refractivity contribution is -0.132. The third-order valence-corrected chi connectivity index (χ3v) is 6.79. The topological polar surface area (TPSA) is 70.5 Å². The number of Topliss-reactive ketones (excluding diaryl/α,β-unsaturated/α-hetero) is 1. The molecule has 0 radical (unpaired) electrons. The van der Waals surface area contributed by atoms with Gasteiger partial charge in [-0.2, -0.15) is 0 Å². The van der Waals surface area contributed by atoms with Gasteiger partial charge in [0.05, 0.1) is 15.8 Å². The van der Waals surface area contributed by atoms with Gasteiger partial charge in [-0.3, -0.25) is 14.5 Å². The van der Waals surface area contributed by atoms with Crippen molar-refractivity contribution < 1.29 is 23.5 Å². The minimum Gasteiger partial charge on any atom is -0.507 e. The van der Waals surface area contributed by atoms with Gasteiger partial charge in [0.2, 0.25) is 0 Å². The summed E-state index contributed by atoms with van der Waals surface area (Å²) in [6.45, 7) is 3.84. The molecule has 0 saturated carbocycles. The van der Waals surface area contributed by atoms with Gasteiger partial charge in [-0.1, -0.05) is 35.6 Å². The van der Waals surface area contributed by atoms with Gasteiger partial charge in [0.15, 0.2) is 5.13 Å². The van der Waals surface area contributed by atoms with Gasteiger partial charge in [0, 0.05) is 11.1 Å². The van der Waals surface area contributed by atoms with E-state index in [0.29, 0.717) is 5.52 Å². The lowest BCUT2D eigenvalue weighted by Crippen LogP contribution is -2.29. The van der Waals surface area contributed by atoms with Crippen molar-refractivity contribution in [2.24, 2.45) is 0 Å². The summed E-state index contributed by atoms with van der Waals surface area (Å²) >= 11 is 1.21. The Balaban J connectivity index is 1.76. The van der Waals surface area contributed by atoms with E-state index in [1.165, 1.54) is 41.7 Å². The number of carbonyl (C=O) groups excluding carboxylic acids is 2. The predicted molar refractivity (Wildman–Crippen MR) is 127 cm³/mol. The Morgan fingerprint density at radius 2 is 1.74 bits per heavy atom. The monoisotopic (exact) mass is 476 g/mol. The van der Waals surface area contributed by atoms with Crippen molar-refractivity contribution in [3.63, 3.8) is 0 Å². The van der Waals surface area contributed by atoms with E-state index in [-0.39, 0.29) is 21.8 Å². The molecule has 0 aliphatic carbocycles. The standard InChI is InChI=1S/C26H18F2N2O3S/c1-13-11-14(2)21-19(12-13)34-26(29-21)30-22(17-5-3-4-6-18(17)28)20(24(32)25(30)33)23(31)15-7-9-16(27)10-8-15/h3-12,22,31H,1-2H3/b23-20+/t22-/m1/s1. The van der Waals surface area contributed by atoms with Crippen LogP contribution in [0.15, 0.2) is 66.2 Å². The molecule has 1 saturated heterocycles. The number of rotatable bonds is 3. The predicted octanol–water partition coefficient (Wildman–Crippen LogP) is 5.82. The van der Waals surface area contributed by atoms with Crippen molar-refractivity contribution >= 4 is 44.1 Å². The highest BCUT2D eigenvalue weighted by Gasteiger charge is 2.49. The molecule has 1 aromatic heterocycles. The van der Waals surface area contributed by atoms with Gasteiger partial charge in [0.25, 0.3) is 5.78 Å². The van der Waals surface area contributed by atoms with E-state index in [2.05, 4.69) is 4.98 Å². The molecule has 1 atom stereocenters. The Bertz CT molecular complexity index is 1510. The zero-order chi connectivity index (χ0) is 24.1. The van der Waals surface area contributed by atoms with Gasteiger partial charge in [0.1, 0.15) is 23.4 Å². The van der Waals surface area contributed by atoms with Crippen LogP contribution in [0.4, 0.5) is 13.9 Å². The van der Waals surface area contributed by atoms with Gasteiger partial charge in [-0.25, -0.2) is 13.8 Å². The number of aromatic nitrogens is 1. The molecule has 1 aliphatic heterocycles. The zero-order valence-electron chi connectivity index (χ0n) is 18.2. The fourth-order valence-electron chi connectivity index (χ4n) is 4.25. The molecule has 5 nitrogen and oxygen atoms in total. The second-order valence-electron chi connectivity index (χ2n) is 8.12. The Morgan fingerprint density at radius 1 is 1.03 bits per heavy atom. The van der Waals surface area contributed by atoms with Crippen molar-refractivity contribution in [1.29, 1.82) is 0 Å². The van der Waals surface area contributed by atoms with E-state index in [9.17, 15) is 23.5 Å². The average molecular weight is 477 g/mol. The van der Waals surface area contributed by atoms with Crippen LogP contribution in [0.3, 0.4) is 0 Å². The summed E-state index contributed by atoms with van der Waals surface area (Å²) in [5.41, 5.74) is 2.49. The number of hydrogen-bond acceptors (Lipinski definition) is 5. The van der Waals surface area contributed by atoms with Crippen LogP contribution in [-0.4, -0.2) is 21.8 Å². The SMILES string of the molecule is Cc1cc(C)c2nc(N3C(=O)C(=O)/C(=C(/O)c4ccc(F)cc4)[C@H]3c3ccccc3F)sc2c1. The molecule has 0 spiro atoms.